The maximum absolute atomic E-state index is 13.7. The summed E-state index contributed by atoms with van der Waals surface area (Å²) in [5, 5.41) is 14.9. The molecule has 2 N–H and O–H groups in total. The van der Waals surface area contributed by atoms with E-state index >= 15 is 0 Å². The Morgan fingerprint density at radius 2 is 2.16 bits per heavy atom. The monoisotopic (exact) mass is 262 g/mol. The molecule has 0 radical (unpaired) electrons. The van der Waals surface area contributed by atoms with Gasteiger partial charge >= 0.3 is 0 Å². The molecule has 0 aromatic heterocycles. The number of benzene rings is 1. The predicted octanol–water partition coefficient (Wildman–Crippen LogP) is 2.16. The maximum atomic E-state index is 13.7. The lowest BCUT2D eigenvalue weighted by molar-refractivity contribution is 0.609. The number of hydrogen-bond donors (Lipinski definition) is 2. The van der Waals surface area contributed by atoms with E-state index in [0.29, 0.717) is 17.1 Å². The van der Waals surface area contributed by atoms with Crippen molar-refractivity contribution in [2.45, 2.75) is 26.8 Å². The topological polar surface area (TPSA) is 60.2 Å². The molecule has 0 spiro atoms. The average Bonchev–Trinajstić information content (AvgIpc) is 2.42. The molecule has 102 valence electrons. The molecule has 0 aliphatic carbocycles. The first-order chi connectivity index (χ1) is 9.21. The molecule has 19 heavy (non-hydrogen) atoms. The standard InChI is InChI=1S/C14H19FN4/c1-3-7-18-14(17-4-2)19-10-12-6-5-11(9-16)8-13(12)15/h5-6,8H,3-4,7,10H2,1-2H3,(H2,17,18,19). The van der Waals surface area contributed by atoms with Crippen LogP contribution in [0.5, 0.6) is 0 Å². The molecule has 0 fully saturated rings. The van der Waals surface area contributed by atoms with Crippen LogP contribution in [0.4, 0.5) is 4.39 Å². The first kappa shape index (κ1) is 15.0. The lowest BCUT2D eigenvalue weighted by Crippen LogP contribution is -2.37. The van der Waals surface area contributed by atoms with Crippen LogP contribution in [0.15, 0.2) is 23.2 Å². The average molecular weight is 262 g/mol. The molecule has 0 heterocycles. The van der Waals surface area contributed by atoms with Gasteiger partial charge in [-0.2, -0.15) is 5.26 Å². The Labute approximate surface area is 113 Å². The summed E-state index contributed by atoms with van der Waals surface area (Å²) in [7, 11) is 0. The van der Waals surface area contributed by atoms with Gasteiger partial charge in [0.1, 0.15) is 5.82 Å². The first-order valence-electron chi connectivity index (χ1n) is 6.42. The summed E-state index contributed by atoms with van der Waals surface area (Å²) in [6.07, 6.45) is 0.996. The number of halogens is 1. The van der Waals surface area contributed by atoms with E-state index in [2.05, 4.69) is 22.5 Å². The largest absolute Gasteiger partial charge is 0.357 e. The fraction of sp³-hybridized carbons (Fsp3) is 0.429. The van der Waals surface area contributed by atoms with Gasteiger partial charge in [-0.25, -0.2) is 9.38 Å². The number of nitrogens with zero attached hydrogens (tertiary/aromatic N) is 2. The zero-order chi connectivity index (χ0) is 14.1. The van der Waals surface area contributed by atoms with Gasteiger partial charge in [0, 0.05) is 18.7 Å². The summed E-state index contributed by atoms with van der Waals surface area (Å²) in [6, 6.07) is 6.34. The highest BCUT2D eigenvalue weighted by atomic mass is 19.1. The number of nitrogens with one attached hydrogen (secondary N) is 2. The van der Waals surface area contributed by atoms with E-state index in [1.54, 1.807) is 12.1 Å². The van der Waals surface area contributed by atoms with E-state index in [1.165, 1.54) is 6.07 Å². The Hall–Kier alpha value is -2.09. The number of nitriles is 1. The molecule has 4 nitrogen and oxygen atoms in total. The zero-order valence-electron chi connectivity index (χ0n) is 11.3. The van der Waals surface area contributed by atoms with Gasteiger partial charge < -0.3 is 10.6 Å². The normalized spacial score (nSPS) is 10.9. The van der Waals surface area contributed by atoms with Gasteiger partial charge in [-0.15, -0.1) is 0 Å². The van der Waals surface area contributed by atoms with Gasteiger partial charge in [0.05, 0.1) is 18.2 Å². The molecule has 0 saturated carbocycles. The Bertz CT molecular complexity index is 477. The third-order valence-corrected chi connectivity index (χ3v) is 2.48. The van der Waals surface area contributed by atoms with Crippen LogP contribution in [-0.2, 0) is 6.54 Å². The van der Waals surface area contributed by atoms with Gasteiger partial charge in [0.2, 0.25) is 0 Å². The van der Waals surface area contributed by atoms with Crippen molar-refractivity contribution in [1.29, 1.82) is 5.26 Å². The summed E-state index contributed by atoms with van der Waals surface area (Å²) < 4.78 is 13.7. The number of rotatable bonds is 5. The summed E-state index contributed by atoms with van der Waals surface area (Å²) in [5.74, 6) is 0.280. The lowest BCUT2D eigenvalue weighted by Gasteiger charge is -2.10. The van der Waals surface area contributed by atoms with E-state index in [9.17, 15) is 4.39 Å². The van der Waals surface area contributed by atoms with E-state index in [-0.39, 0.29) is 6.54 Å². The van der Waals surface area contributed by atoms with Crippen molar-refractivity contribution in [2.75, 3.05) is 13.1 Å². The third kappa shape index (κ3) is 4.96. The minimum Gasteiger partial charge on any atom is -0.357 e. The molecule has 0 aliphatic heterocycles. The molecule has 5 heteroatoms. The summed E-state index contributed by atoms with van der Waals surface area (Å²) in [6.45, 7) is 5.87. The van der Waals surface area contributed by atoms with Crippen LogP contribution in [0.2, 0.25) is 0 Å². The Balaban J connectivity index is 2.74. The zero-order valence-corrected chi connectivity index (χ0v) is 11.3. The quantitative estimate of drug-likeness (QED) is 0.631. The molecule has 0 saturated heterocycles. The second-order valence-electron chi connectivity index (χ2n) is 4.04. The van der Waals surface area contributed by atoms with Crippen LogP contribution in [0.3, 0.4) is 0 Å². The minimum absolute atomic E-state index is 0.247. The van der Waals surface area contributed by atoms with Gasteiger partial charge in [0.25, 0.3) is 0 Å². The van der Waals surface area contributed by atoms with Crippen molar-refractivity contribution < 1.29 is 4.39 Å². The van der Waals surface area contributed by atoms with E-state index in [0.717, 1.165) is 19.5 Å². The smallest absolute Gasteiger partial charge is 0.191 e. The summed E-state index contributed by atoms with van der Waals surface area (Å²) in [5.41, 5.74) is 0.800. The van der Waals surface area contributed by atoms with Gasteiger partial charge in [-0.05, 0) is 25.5 Å². The van der Waals surface area contributed by atoms with E-state index in [1.807, 2.05) is 13.0 Å². The fourth-order valence-electron chi connectivity index (χ4n) is 1.49. The maximum Gasteiger partial charge on any atom is 0.191 e. The Kier molecular flexibility index (Phi) is 6.37. The molecule has 1 aromatic rings. The molecule has 0 amide bonds. The van der Waals surface area contributed by atoms with Crippen LogP contribution in [0.25, 0.3) is 0 Å². The highest BCUT2D eigenvalue weighted by Gasteiger charge is 2.03. The SMILES string of the molecule is CCCNC(=NCc1ccc(C#N)cc1F)NCC. The summed E-state index contributed by atoms with van der Waals surface area (Å²) >= 11 is 0. The van der Waals surface area contributed by atoms with Crippen LogP contribution in [0, 0.1) is 17.1 Å². The van der Waals surface area contributed by atoms with E-state index in [4.69, 9.17) is 5.26 Å². The third-order valence-electron chi connectivity index (χ3n) is 2.48. The Morgan fingerprint density at radius 3 is 2.74 bits per heavy atom. The molecular weight excluding hydrogens is 243 g/mol. The highest BCUT2D eigenvalue weighted by Crippen LogP contribution is 2.10. The van der Waals surface area contributed by atoms with Crippen molar-refractivity contribution in [2.24, 2.45) is 4.99 Å². The van der Waals surface area contributed by atoms with Crippen LogP contribution < -0.4 is 10.6 Å². The van der Waals surface area contributed by atoms with Gasteiger partial charge in [0.15, 0.2) is 5.96 Å². The first-order valence-corrected chi connectivity index (χ1v) is 6.42. The second-order valence-corrected chi connectivity index (χ2v) is 4.04. The van der Waals surface area contributed by atoms with Crippen molar-refractivity contribution >= 4 is 5.96 Å². The number of aliphatic imine (C=N–C) groups is 1. The number of guanidine groups is 1. The summed E-state index contributed by atoms with van der Waals surface area (Å²) in [4.78, 5) is 4.31. The second kappa shape index (κ2) is 8.09. The van der Waals surface area contributed by atoms with Gasteiger partial charge in [-0.1, -0.05) is 13.0 Å². The molecule has 0 bridgehead atoms. The van der Waals surface area contributed by atoms with Crippen LogP contribution >= 0.6 is 0 Å². The van der Waals surface area contributed by atoms with Gasteiger partial charge in [-0.3, -0.25) is 0 Å². The number of hydrogen-bond acceptors (Lipinski definition) is 2. The predicted molar refractivity (Wildman–Crippen MR) is 74.2 cm³/mol. The fourth-order valence-corrected chi connectivity index (χ4v) is 1.49. The molecule has 1 aromatic carbocycles. The van der Waals surface area contributed by atoms with Crippen molar-refractivity contribution in [1.82, 2.24) is 10.6 Å². The minimum atomic E-state index is -0.394. The van der Waals surface area contributed by atoms with Crippen LogP contribution in [0.1, 0.15) is 31.4 Å². The Morgan fingerprint density at radius 1 is 1.37 bits per heavy atom. The molecular formula is C14H19FN4. The molecule has 0 atom stereocenters. The van der Waals surface area contributed by atoms with Crippen molar-refractivity contribution in [3.63, 3.8) is 0 Å². The molecule has 0 unspecified atom stereocenters. The van der Waals surface area contributed by atoms with Crippen LogP contribution in [-0.4, -0.2) is 19.0 Å². The lowest BCUT2D eigenvalue weighted by atomic mass is 10.1. The molecule has 1 rings (SSSR count). The van der Waals surface area contributed by atoms with Crippen molar-refractivity contribution in [3.8, 4) is 6.07 Å². The highest BCUT2D eigenvalue weighted by molar-refractivity contribution is 5.79. The van der Waals surface area contributed by atoms with E-state index < -0.39 is 5.82 Å². The molecule has 0 aliphatic rings. The van der Waals surface area contributed by atoms with Crippen molar-refractivity contribution in [3.05, 3.63) is 35.1 Å².